The molecule has 1 fully saturated rings. The first-order valence-electron chi connectivity index (χ1n) is 13.7. The Hall–Kier alpha value is -5.43. The second-order valence-electron chi connectivity index (χ2n) is 9.95. The van der Waals surface area contributed by atoms with Gasteiger partial charge < -0.3 is 25.6 Å². The fraction of sp³-hybridized carbons (Fsp3) is 0.161. The number of rotatable bonds is 6. The van der Waals surface area contributed by atoms with Crippen molar-refractivity contribution in [3.05, 3.63) is 103 Å². The summed E-state index contributed by atoms with van der Waals surface area (Å²) in [6.07, 6.45) is -1.67. The van der Waals surface area contributed by atoms with Gasteiger partial charge in [0, 0.05) is 47.6 Å². The standard InChI is InChI=1S/C31H26F3N7O3/c32-31(33,34)21-3-7-22(8-4-21)37-27-26-13-14-41(28(26)36-19-35-27)30(43)39-24-5-1-20(2-6-24)29(42)38-23-9-11-25(12-10-23)40-15-17-44-18-16-40/h1-14,19H,15-18H2,(H,38,42)(H,39,43)(H,35,36,37). The van der Waals surface area contributed by atoms with Crippen LogP contribution in [0.15, 0.2) is 91.4 Å². The Kier molecular flexibility index (Phi) is 7.85. The van der Waals surface area contributed by atoms with E-state index in [1.54, 1.807) is 30.3 Å². The normalized spacial score (nSPS) is 13.5. The van der Waals surface area contributed by atoms with Crippen molar-refractivity contribution in [1.29, 1.82) is 0 Å². The number of anilines is 5. The van der Waals surface area contributed by atoms with E-state index in [1.807, 2.05) is 24.3 Å². The average Bonchev–Trinajstić information content (AvgIpc) is 3.48. The van der Waals surface area contributed by atoms with Gasteiger partial charge in [-0.15, -0.1) is 0 Å². The first kappa shape index (κ1) is 28.7. The lowest BCUT2D eigenvalue weighted by molar-refractivity contribution is -0.137. The highest BCUT2D eigenvalue weighted by Gasteiger charge is 2.30. The predicted octanol–water partition coefficient (Wildman–Crippen LogP) is 6.36. The van der Waals surface area contributed by atoms with E-state index in [9.17, 15) is 22.8 Å². The molecule has 1 aliphatic rings. The van der Waals surface area contributed by atoms with E-state index in [1.165, 1.54) is 29.2 Å². The number of morpholine rings is 1. The van der Waals surface area contributed by atoms with Crippen molar-refractivity contribution >= 4 is 51.5 Å². The number of benzene rings is 3. The minimum Gasteiger partial charge on any atom is -0.378 e. The van der Waals surface area contributed by atoms with Crippen LogP contribution >= 0.6 is 0 Å². The molecule has 0 aliphatic carbocycles. The van der Waals surface area contributed by atoms with E-state index in [-0.39, 0.29) is 5.91 Å². The molecular weight excluding hydrogens is 575 g/mol. The molecule has 44 heavy (non-hydrogen) atoms. The number of aromatic nitrogens is 3. The molecule has 0 spiro atoms. The average molecular weight is 602 g/mol. The van der Waals surface area contributed by atoms with Gasteiger partial charge in [0.1, 0.15) is 12.1 Å². The van der Waals surface area contributed by atoms with Gasteiger partial charge in [-0.05, 0) is 78.9 Å². The zero-order chi connectivity index (χ0) is 30.7. The van der Waals surface area contributed by atoms with Gasteiger partial charge in [0.2, 0.25) is 0 Å². The highest BCUT2D eigenvalue weighted by Crippen LogP contribution is 2.31. The second kappa shape index (κ2) is 12.1. The number of amides is 2. The quantitative estimate of drug-likeness (QED) is 0.208. The van der Waals surface area contributed by atoms with E-state index in [0.717, 1.165) is 30.9 Å². The number of carbonyl (C=O) groups excluding carboxylic acids is 2. The summed E-state index contributed by atoms with van der Waals surface area (Å²) in [5.74, 6) is 0.0376. The molecule has 3 heterocycles. The number of alkyl halides is 3. The van der Waals surface area contributed by atoms with Gasteiger partial charge in [-0.3, -0.25) is 9.36 Å². The summed E-state index contributed by atoms with van der Waals surface area (Å²) in [6.45, 7) is 3.04. The number of nitrogens with zero attached hydrogens (tertiary/aromatic N) is 4. The van der Waals surface area contributed by atoms with Crippen LogP contribution in [0.1, 0.15) is 15.9 Å². The van der Waals surface area contributed by atoms with Crippen LogP contribution in [-0.2, 0) is 10.9 Å². The zero-order valence-corrected chi connectivity index (χ0v) is 23.1. The van der Waals surface area contributed by atoms with Crippen LogP contribution in [0.5, 0.6) is 0 Å². The Morgan fingerprint density at radius 2 is 1.41 bits per heavy atom. The van der Waals surface area contributed by atoms with Gasteiger partial charge in [-0.2, -0.15) is 13.2 Å². The lowest BCUT2D eigenvalue weighted by atomic mass is 10.2. The molecule has 10 nitrogen and oxygen atoms in total. The van der Waals surface area contributed by atoms with E-state index >= 15 is 0 Å². The Labute approximate surface area is 249 Å². The monoisotopic (exact) mass is 601 g/mol. The summed E-state index contributed by atoms with van der Waals surface area (Å²) in [5, 5.41) is 9.11. The molecular formula is C31H26F3N7O3. The number of halogens is 3. The van der Waals surface area contributed by atoms with Crippen molar-refractivity contribution in [1.82, 2.24) is 14.5 Å². The molecule has 1 saturated heterocycles. The third-order valence-electron chi connectivity index (χ3n) is 7.07. The largest absolute Gasteiger partial charge is 0.416 e. The van der Waals surface area contributed by atoms with Crippen LogP contribution in [0, 0.1) is 0 Å². The fourth-order valence-corrected chi connectivity index (χ4v) is 4.76. The van der Waals surface area contributed by atoms with Gasteiger partial charge in [-0.1, -0.05) is 0 Å². The Balaban J connectivity index is 1.09. The molecule has 3 aromatic carbocycles. The number of carbonyl (C=O) groups is 2. The summed E-state index contributed by atoms with van der Waals surface area (Å²) < 4.78 is 45.3. The molecule has 0 atom stereocenters. The molecule has 13 heteroatoms. The smallest absolute Gasteiger partial charge is 0.378 e. The first-order chi connectivity index (χ1) is 21.2. The number of hydrogen-bond donors (Lipinski definition) is 3. The third-order valence-corrected chi connectivity index (χ3v) is 7.07. The number of ether oxygens (including phenoxy) is 1. The molecule has 6 rings (SSSR count). The molecule has 224 valence electrons. The summed E-state index contributed by atoms with van der Waals surface area (Å²) in [5.41, 5.74) is 2.53. The van der Waals surface area contributed by atoms with Crippen LogP contribution in [0.3, 0.4) is 0 Å². The summed E-state index contributed by atoms with van der Waals surface area (Å²) in [6, 6.07) is 19.7. The highest BCUT2D eigenvalue weighted by atomic mass is 19.4. The van der Waals surface area contributed by atoms with Crippen LogP contribution in [-0.4, -0.2) is 52.8 Å². The first-order valence-corrected chi connectivity index (χ1v) is 13.7. The number of nitrogens with one attached hydrogen (secondary N) is 3. The van der Waals surface area contributed by atoms with Crippen LogP contribution < -0.4 is 20.9 Å². The van der Waals surface area contributed by atoms with Gasteiger partial charge >= 0.3 is 12.2 Å². The highest BCUT2D eigenvalue weighted by molar-refractivity contribution is 6.05. The minimum absolute atomic E-state index is 0.289. The van der Waals surface area contributed by atoms with Crippen molar-refractivity contribution in [3.63, 3.8) is 0 Å². The molecule has 5 aromatic rings. The zero-order valence-electron chi connectivity index (χ0n) is 23.1. The van der Waals surface area contributed by atoms with Crippen molar-refractivity contribution in [2.24, 2.45) is 0 Å². The SMILES string of the molecule is O=C(Nc1ccc(N2CCOCC2)cc1)c1ccc(NC(=O)n2ccc3c(Nc4ccc(C(F)(F)F)cc4)ncnc32)cc1. The molecule has 0 bridgehead atoms. The lowest BCUT2D eigenvalue weighted by Gasteiger charge is -2.28. The molecule has 0 saturated carbocycles. The van der Waals surface area contributed by atoms with Gasteiger partial charge in [-0.25, -0.2) is 14.8 Å². The minimum atomic E-state index is -4.44. The number of fused-ring (bicyclic) bond motifs is 1. The Morgan fingerprint density at radius 1 is 0.773 bits per heavy atom. The molecule has 0 radical (unpaired) electrons. The van der Waals surface area contributed by atoms with Crippen molar-refractivity contribution in [2.75, 3.05) is 47.2 Å². The molecule has 2 amide bonds. The molecule has 1 aliphatic heterocycles. The van der Waals surface area contributed by atoms with Gasteiger partial charge in [0.25, 0.3) is 5.91 Å². The predicted molar refractivity (Wildman–Crippen MR) is 161 cm³/mol. The van der Waals surface area contributed by atoms with E-state index in [0.29, 0.717) is 52.7 Å². The summed E-state index contributed by atoms with van der Waals surface area (Å²) in [7, 11) is 0. The van der Waals surface area contributed by atoms with Gasteiger partial charge in [0.15, 0.2) is 5.65 Å². The van der Waals surface area contributed by atoms with Crippen LogP contribution in [0.2, 0.25) is 0 Å². The van der Waals surface area contributed by atoms with E-state index in [2.05, 4.69) is 30.8 Å². The topological polar surface area (TPSA) is 113 Å². The molecule has 3 N–H and O–H groups in total. The third kappa shape index (κ3) is 6.32. The summed E-state index contributed by atoms with van der Waals surface area (Å²) >= 11 is 0. The maximum atomic E-state index is 13.1. The number of hydrogen-bond acceptors (Lipinski definition) is 7. The fourth-order valence-electron chi connectivity index (χ4n) is 4.76. The molecule has 0 unspecified atom stereocenters. The van der Waals surface area contributed by atoms with Crippen LogP contribution in [0.4, 0.5) is 46.5 Å². The maximum absolute atomic E-state index is 13.1. The summed E-state index contributed by atoms with van der Waals surface area (Å²) in [4.78, 5) is 36.5. The Morgan fingerprint density at radius 3 is 2.09 bits per heavy atom. The van der Waals surface area contributed by atoms with Crippen molar-refractivity contribution in [2.45, 2.75) is 6.18 Å². The Bertz CT molecular complexity index is 1780. The van der Waals surface area contributed by atoms with E-state index in [4.69, 9.17) is 4.74 Å². The molecule has 2 aromatic heterocycles. The van der Waals surface area contributed by atoms with Crippen molar-refractivity contribution < 1.29 is 27.5 Å². The lowest BCUT2D eigenvalue weighted by Crippen LogP contribution is -2.36. The van der Waals surface area contributed by atoms with Gasteiger partial charge in [0.05, 0.1) is 24.2 Å². The van der Waals surface area contributed by atoms with E-state index < -0.39 is 17.8 Å². The second-order valence-corrected chi connectivity index (χ2v) is 9.95. The maximum Gasteiger partial charge on any atom is 0.416 e. The van der Waals surface area contributed by atoms with Crippen LogP contribution in [0.25, 0.3) is 11.0 Å². The van der Waals surface area contributed by atoms with Crippen molar-refractivity contribution in [3.8, 4) is 0 Å².